The number of carbonyl (C=O) groups excluding carboxylic acids is 1. The van der Waals surface area contributed by atoms with Crippen molar-refractivity contribution < 1.29 is 14.7 Å². The molecule has 15 heavy (non-hydrogen) atoms. The lowest BCUT2D eigenvalue weighted by atomic mass is 10.3. The minimum absolute atomic E-state index is 0.0584. The summed E-state index contributed by atoms with van der Waals surface area (Å²) in [5.74, 6) is -1.19. The van der Waals surface area contributed by atoms with E-state index in [0.717, 1.165) is 11.7 Å². The van der Waals surface area contributed by atoms with Crippen molar-refractivity contribution in [3.8, 4) is 0 Å². The molecule has 6 nitrogen and oxygen atoms in total. The SMILES string of the molecule is CCN(CCC(=O)O)C(=O)c1cnsn1. The molecule has 82 valence electrons. The second kappa shape index (κ2) is 5.40. The number of aliphatic carboxylic acids is 1. The highest BCUT2D eigenvalue weighted by Gasteiger charge is 2.17. The van der Waals surface area contributed by atoms with Gasteiger partial charge in [0.2, 0.25) is 0 Å². The molecule has 0 fully saturated rings. The quantitative estimate of drug-likeness (QED) is 0.793. The van der Waals surface area contributed by atoms with Crippen molar-refractivity contribution in [1.29, 1.82) is 0 Å². The Morgan fingerprint density at radius 2 is 2.33 bits per heavy atom. The van der Waals surface area contributed by atoms with Crippen LogP contribution in [0.2, 0.25) is 0 Å². The smallest absolute Gasteiger partial charge is 0.305 e. The van der Waals surface area contributed by atoms with Crippen LogP contribution < -0.4 is 0 Å². The van der Waals surface area contributed by atoms with E-state index in [9.17, 15) is 9.59 Å². The number of hydrogen-bond donors (Lipinski definition) is 1. The fourth-order valence-electron chi connectivity index (χ4n) is 1.05. The maximum atomic E-state index is 11.7. The molecule has 0 atom stereocenters. The lowest BCUT2D eigenvalue weighted by molar-refractivity contribution is -0.137. The normalized spacial score (nSPS) is 9.93. The Balaban J connectivity index is 2.59. The van der Waals surface area contributed by atoms with Crippen LogP contribution in [0, 0.1) is 0 Å². The van der Waals surface area contributed by atoms with Crippen molar-refractivity contribution in [2.75, 3.05) is 13.1 Å². The van der Waals surface area contributed by atoms with Gasteiger partial charge in [0.1, 0.15) is 0 Å². The molecule has 1 amide bonds. The number of rotatable bonds is 5. The molecule has 0 aliphatic rings. The Kier molecular flexibility index (Phi) is 4.17. The minimum Gasteiger partial charge on any atom is -0.481 e. The van der Waals surface area contributed by atoms with E-state index in [2.05, 4.69) is 8.75 Å². The monoisotopic (exact) mass is 229 g/mol. The highest BCUT2D eigenvalue weighted by atomic mass is 32.1. The first-order valence-corrected chi connectivity index (χ1v) is 5.16. The van der Waals surface area contributed by atoms with E-state index in [-0.39, 0.29) is 24.6 Å². The van der Waals surface area contributed by atoms with Crippen LogP contribution in [0.3, 0.4) is 0 Å². The number of nitrogens with zero attached hydrogens (tertiary/aromatic N) is 3. The van der Waals surface area contributed by atoms with Crippen LogP contribution in [0.4, 0.5) is 0 Å². The highest BCUT2D eigenvalue weighted by Crippen LogP contribution is 2.03. The fourth-order valence-corrected chi connectivity index (χ4v) is 1.46. The maximum absolute atomic E-state index is 11.7. The maximum Gasteiger partial charge on any atom is 0.305 e. The highest BCUT2D eigenvalue weighted by molar-refractivity contribution is 6.99. The van der Waals surface area contributed by atoms with Crippen molar-refractivity contribution in [1.82, 2.24) is 13.6 Å². The van der Waals surface area contributed by atoms with Gasteiger partial charge in [-0.2, -0.15) is 8.75 Å². The zero-order valence-corrected chi connectivity index (χ0v) is 9.03. The average Bonchev–Trinajstić information content (AvgIpc) is 2.70. The lowest BCUT2D eigenvalue weighted by Gasteiger charge is -2.18. The van der Waals surface area contributed by atoms with Gasteiger partial charge >= 0.3 is 5.97 Å². The van der Waals surface area contributed by atoms with E-state index in [0.29, 0.717) is 6.54 Å². The summed E-state index contributed by atoms with van der Waals surface area (Å²) in [6.45, 7) is 2.45. The molecule has 1 aromatic rings. The number of amides is 1. The Bertz CT molecular complexity index is 339. The van der Waals surface area contributed by atoms with Crippen molar-refractivity contribution in [3.63, 3.8) is 0 Å². The van der Waals surface area contributed by atoms with Gasteiger partial charge in [0.05, 0.1) is 24.3 Å². The van der Waals surface area contributed by atoms with Gasteiger partial charge in [0.15, 0.2) is 5.69 Å². The summed E-state index contributed by atoms with van der Waals surface area (Å²) in [5, 5.41) is 8.51. The van der Waals surface area contributed by atoms with E-state index in [1.165, 1.54) is 11.1 Å². The van der Waals surface area contributed by atoms with Gasteiger partial charge in [0, 0.05) is 13.1 Å². The van der Waals surface area contributed by atoms with Crippen LogP contribution in [0.25, 0.3) is 0 Å². The molecule has 0 bridgehead atoms. The second-order valence-electron chi connectivity index (χ2n) is 2.82. The van der Waals surface area contributed by atoms with E-state index >= 15 is 0 Å². The topological polar surface area (TPSA) is 83.4 Å². The predicted octanol–water partition coefficient (Wildman–Crippen LogP) is 0.475. The molecule has 0 aliphatic heterocycles. The molecule has 1 heterocycles. The molecular formula is C8H11N3O3S. The molecule has 0 saturated carbocycles. The Hall–Kier alpha value is -1.50. The van der Waals surface area contributed by atoms with Crippen LogP contribution in [0.15, 0.2) is 6.20 Å². The van der Waals surface area contributed by atoms with Crippen LogP contribution in [0.5, 0.6) is 0 Å². The summed E-state index contributed by atoms with van der Waals surface area (Å²) in [4.78, 5) is 23.5. The van der Waals surface area contributed by atoms with Crippen molar-refractivity contribution in [2.45, 2.75) is 13.3 Å². The van der Waals surface area contributed by atoms with Crippen LogP contribution in [0.1, 0.15) is 23.8 Å². The molecular weight excluding hydrogens is 218 g/mol. The molecule has 1 aromatic heterocycles. The summed E-state index contributed by atoms with van der Waals surface area (Å²) in [7, 11) is 0. The van der Waals surface area contributed by atoms with Gasteiger partial charge in [-0.05, 0) is 6.92 Å². The third kappa shape index (κ3) is 3.28. The number of carboxylic acids is 1. The van der Waals surface area contributed by atoms with Gasteiger partial charge in [-0.25, -0.2) is 0 Å². The summed E-state index contributed by atoms with van der Waals surface area (Å²) >= 11 is 0.956. The average molecular weight is 229 g/mol. The molecule has 0 aliphatic carbocycles. The first-order valence-electron chi connectivity index (χ1n) is 4.43. The first kappa shape index (κ1) is 11.6. The Morgan fingerprint density at radius 1 is 1.60 bits per heavy atom. The van der Waals surface area contributed by atoms with Crippen molar-refractivity contribution >= 4 is 23.6 Å². The van der Waals surface area contributed by atoms with Gasteiger partial charge in [-0.15, -0.1) is 0 Å². The second-order valence-corrected chi connectivity index (χ2v) is 3.38. The van der Waals surface area contributed by atoms with E-state index in [4.69, 9.17) is 5.11 Å². The molecule has 0 unspecified atom stereocenters. The van der Waals surface area contributed by atoms with Crippen LogP contribution >= 0.6 is 11.7 Å². The molecule has 7 heteroatoms. The van der Waals surface area contributed by atoms with Crippen molar-refractivity contribution in [2.24, 2.45) is 0 Å². The number of hydrogen-bond acceptors (Lipinski definition) is 5. The predicted molar refractivity (Wildman–Crippen MR) is 53.7 cm³/mol. The van der Waals surface area contributed by atoms with E-state index < -0.39 is 5.97 Å². The zero-order valence-electron chi connectivity index (χ0n) is 8.21. The summed E-state index contributed by atoms with van der Waals surface area (Å²) in [5.41, 5.74) is 0.271. The van der Waals surface area contributed by atoms with E-state index in [1.807, 2.05) is 0 Å². The molecule has 0 saturated heterocycles. The molecule has 1 rings (SSSR count). The number of carboxylic acid groups (broad SMARTS) is 1. The van der Waals surface area contributed by atoms with E-state index in [1.54, 1.807) is 6.92 Å². The third-order valence-corrected chi connectivity index (χ3v) is 2.32. The lowest BCUT2D eigenvalue weighted by Crippen LogP contribution is -2.33. The molecule has 0 radical (unpaired) electrons. The van der Waals surface area contributed by atoms with Gasteiger partial charge in [-0.1, -0.05) is 0 Å². The van der Waals surface area contributed by atoms with Gasteiger partial charge in [0.25, 0.3) is 5.91 Å². The summed E-state index contributed by atoms with van der Waals surface area (Å²) in [6.07, 6.45) is 1.33. The summed E-state index contributed by atoms with van der Waals surface area (Å²) < 4.78 is 7.53. The zero-order chi connectivity index (χ0) is 11.3. The summed E-state index contributed by atoms with van der Waals surface area (Å²) in [6, 6.07) is 0. The van der Waals surface area contributed by atoms with Gasteiger partial charge in [-0.3, -0.25) is 9.59 Å². The third-order valence-electron chi connectivity index (χ3n) is 1.84. The minimum atomic E-state index is -0.919. The first-order chi connectivity index (χ1) is 7.15. The molecule has 0 spiro atoms. The van der Waals surface area contributed by atoms with Crippen LogP contribution in [-0.2, 0) is 4.79 Å². The Morgan fingerprint density at radius 3 is 2.80 bits per heavy atom. The van der Waals surface area contributed by atoms with Crippen LogP contribution in [-0.4, -0.2) is 43.7 Å². The molecule has 0 aromatic carbocycles. The Labute approximate surface area is 90.9 Å². The molecule has 1 N–H and O–H groups in total. The number of aromatic nitrogens is 2. The standard InChI is InChI=1S/C8H11N3O3S/c1-2-11(4-3-7(12)13)8(14)6-5-9-15-10-6/h5H,2-4H2,1H3,(H,12,13). The fraction of sp³-hybridized carbons (Fsp3) is 0.500. The largest absolute Gasteiger partial charge is 0.481 e. The van der Waals surface area contributed by atoms with Gasteiger partial charge < -0.3 is 10.0 Å². The van der Waals surface area contributed by atoms with Crippen molar-refractivity contribution in [3.05, 3.63) is 11.9 Å². The number of carbonyl (C=O) groups is 2.